The SMILES string of the molecule is B[C@H]1COC[C@@H](O)N1C(OCc1ccc(N)cc1)C(C)=O. The van der Waals surface area contributed by atoms with E-state index in [2.05, 4.69) is 0 Å². The zero-order valence-electron chi connectivity index (χ0n) is 12.4. The van der Waals surface area contributed by atoms with Crippen LogP contribution in [0.1, 0.15) is 12.5 Å². The molecule has 21 heavy (non-hydrogen) atoms. The van der Waals surface area contributed by atoms with E-state index in [4.69, 9.17) is 15.2 Å². The molecule has 0 radical (unpaired) electrons. The molecule has 0 spiro atoms. The summed E-state index contributed by atoms with van der Waals surface area (Å²) in [6.07, 6.45) is -1.62. The van der Waals surface area contributed by atoms with E-state index in [1.165, 1.54) is 6.92 Å². The lowest BCUT2D eigenvalue weighted by atomic mass is 9.93. The first-order valence-electron chi connectivity index (χ1n) is 6.98. The average Bonchev–Trinajstić information content (AvgIpc) is 2.43. The minimum Gasteiger partial charge on any atom is -0.399 e. The van der Waals surface area contributed by atoms with E-state index in [0.717, 1.165) is 5.56 Å². The number of carbonyl (C=O) groups is 1. The van der Waals surface area contributed by atoms with Crippen LogP contribution in [0.25, 0.3) is 0 Å². The monoisotopic (exact) mass is 292 g/mol. The molecule has 0 aromatic heterocycles. The lowest BCUT2D eigenvalue weighted by Crippen LogP contribution is -2.59. The Bertz CT molecular complexity index is 472. The van der Waals surface area contributed by atoms with Crippen molar-refractivity contribution in [1.29, 1.82) is 0 Å². The molecule has 3 atom stereocenters. The maximum atomic E-state index is 11.9. The van der Waals surface area contributed by atoms with E-state index in [0.29, 0.717) is 12.3 Å². The van der Waals surface area contributed by atoms with Crippen molar-refractivity contribution in [3.63, 3.8) is 0 Å². The number of anilines is 1. The van der Waals surface area contributed by atoms with Gasteiger partial charge in [0.15, 0.2) is 12.0 Å². The second kappa shape index (κ2) is 7.04. The van der Waals surface area contributed by atoms with Crippen molar-refractivity contribution in [1.82, 2.24) is 4.90 Å². The first kappa shape index (κ1) is 16.0. The van der Waals surface area contributed by atoms with Crippen LogP contribution in [0.15, 0.2) is 24.3 Å². The molecular weight excluding hydrogens is 271 g/mol. The van der Waals surface area contributed by atoms with Crippen molar-refractivity contribution in [3.8, 4) is 0 Å². The number of nitrogens with two attached hydrogens (primary N) is 1. The molecule has 1 unspecified atom stereocenters. The molecule has 114 valence electrons. The third-order valence-electron chi connectivity index (χ3n) is 3.49. The molecule has 1 heterocycles. The first-order valence-corrected chi connectivity index (χ1v) is 6.98. The Labute approximate surface area is 125 Å². The molecule has 6 nitrogen and oxygen atoms in total. The van der Waals surface area contributed by atoms with Crippen molar-refractivity contribution in [3.05, 3.63) is 29.8 Å². The summed E-state index contributed by atoms with van der Waals surface area (Å²) >= 11 is 0. The van der Waals surface area contributed by atoms with Crippen molar-refractivity contribution < 1.29 is 19.4 Å². The summed E-state index contributed by atoms with van der Waals surface area (Å²) in [5.41, 5.74) is 7.24. The lowest BCUT2D eigenvalue weighted by molar-refractivity contribution is -0.197. The Morgan fingerprint density at radius 3 is 2.76 bits per heavy atom. The number of carbonyl (C=O) groups excluding carboxylic acids is 1. The minimum atomic E-state index is -0.839. The molecule has 2 rings (SSSR count). The highest BCUT2D eigenvalue weighted by atomic mass is 16.5. The Hall–Kier alpha value is -1.41. The molecule has 7 heteroatoms. The number of nitrogens with zero attached hydrogens (tertiary/aromatic N) is 1. The van der Waals surface area contributed by atoms with E-state index >= 15 is 0 Å². The molecule has 1 fully saturated rings. The number of benzene rings is 1. The van der Waals surface area contributed by atoms with Crippen LogP contribution in [0.3, 0.4) is 0 Å². The fourth-order valence-electron chi connectivity index (χ4n) is 2.40. The van der Waals surface area contributed by atoms with Gasteiger partial charge in [-0.25, -0.2) is 4.90 Å². The number of Topliss-reactive ketones (excluding diaryl/α,β-unsaturated/α-hetero) is 1. The highest BCUT2D eigenvalue weighted by Crippen LogP contribution is 2.17. The molecule has 3 N–H and O–H groups in total. The Kier molecular flexibility index (Phi) is 5.36. The third-order valence-corrected chi connectivity index (χ3v) is 3.49. The zero-order chi connectivity index (χ0) is 15.4. The highest BCUT2D eigenvalue weighted by molar-refractivity contribution is 6.12. The Balaban J connectivity index is 2.04. The maximum Gasteiger partial charge on any atom is 0.173 e. The van der Waals surface area contributed by atoms with Crippen molar-refractivity contribution >= 4 is 19.3 Å². The largest absolute Gasteiger partial charge is 0.399 e. The number of ether oxygens (including phenoxy) is 2. The van der Waals surface area contributed by atoms with Crippen molar-refractivity contribution in [2.24, 2.45) is 0 Å². The van der Waals surface area contributed by atoms with Gasteiger partial charge in [-0.15, -0.1) is 0 Å². The summed E-state index contributed by atoms with van der Waals surface area (Å²) in [5, 5.41) is 10.0. The number of hydrogen-bond donors (Lipinski definition) is 2. The summed E-state index contributed by atoms with van der Waals surface area (Å²) in [6, 6.07) is 7.28. The van der Waals surface area contributed by atoms with Crippen molar-refractivity contribution in [2.45, 2.75) is 31.9 Å². The van der Waals surface area contributed by atoms with Gasteiger partial charge in [-0.2, -0.15) is 0 Å². The number of ketones is 1. The molecule has 1 saturated heterocycles. The topological polar surface area (TPSA) is 85.0 Å². The first-order chi connectivity index (χ1) is 9.99. The standard InChI is InChI=1S/C14H21BN2O4/c1-9(18)14(17-12(15)7-20-8-13(17)19)21-6-10-2-4-11(16)5-3-10/h2-5,12-14,19H,6-8,15-16H2,1H3/t12-,13-,14?/m1/s1. The third kappa shape index (κ3) is 4.04. The number of hydrogen-bond acceptors (Lipinski definition) is 6. The zero-order valence-corrected chi connectivity index (χ0v) is 12.4. The molecule has 0 saturated carbocycles. The van der Waals surface area contributed by atoms with Crippen LogP contribution in [0, 0.1) is 0 Å². The van der Waals surface area contributed by atoms with Crippen LogP contribution in [0.4, 0.5) is 5.69 Å². The van der Waals surface area contributed by atoms with Gasteiger partial charge in [-0.3, -0.25) is 4.79 Å². The van der Waals surface area contributed by atoms with Gasteiger partial charge in [0.2, 0.25) is 0 Å². The van der Waals surface area contributed by atoms with Crippen LogP contribution >= 0.6 is 0 Å². The fraction of sp³-hybridized carbons (Fsp3) is 0.500. The maximum absolute atomic E-state index is 11.9. The van der Waals surface area contributed by atoms with Gasteiger partial charge in [0.05, 0.1) is 19.8 Å². The van der Waals surface area contributed by atoms with Gasteiger partial charge in [0.25, 0.3) is 0 Å². The number of nitrogen functional groups attached to an aromatic ring is 1. The lowest BCUT2D eigenvalue weighted by Gasteiger charge is -2.41. The second-order valence-corrected chi connectivity index (χ2v) is 5.33. The molecule has 1 aromatic carbocycles. The average molecular weight is 292 g/mol. The number of aliphatic hydroxyl groups is 1. The van der Waals surface area contributed by atoms with Gasteiger partial charge < -0.3 is 20.3 Å². The summed E-state index contributed by atoms with van der Waals surface area (Å²) in [7, 11) is 1.89. The normalized spacial score (nSPS) is 24.7. The summed E-state index contributed by atoms with van der Waals surface area (Å²) in [4.78, 5) is 13.5. The molecule has 1 aliphatic heterocycles. The van der Waals surface area contributed by atoms with Gasteiger partial charge in [-0.05, 0) is 24.6 Å². The summed E-state index contributed by atoms with van der Waals surface area (Å²) in [6.45, 7) is 2.38. The molecule has 0 amide bonds. The smallest absolute Gasteiger partial charge is 0.173 e. The van der Waals surface area contributed by atoms with Gasteiger partial charge >= 0.3 is 0 Å². The van der Waals surface area contributed by atoms with Crippen LogP contribution < -0.4 is 5.73 Å². The minimum absolute atomic E-state index is 0.0888. The van der Waals surface area contributed by atoms with Gasteiger partial charge in [0.1, 0.15) is 14.1 Å². The predicted octanol–water partition coefficient (Wildman–Crippen LogP) is -0.690. The van der Waals surface area contributed by atoms with Crippen LogP contribution in [0.5, 0.6) is 0 Å². The van der Waals surface area contributed by atoms with E-state index in [1.54, 1.807) is 17.0 Å². The van der Waals surface area contributed by atoms with E-state index in [-0.39, 0.29) is 24.9 Å². The second-order valence-electron chi connectivity index (χ2n) is 5.33. The number of aliphatic hydroxyl groups excluding tert-OH is 1. The van der Waals surface area contributed by atoms with Crippen LogP contribution in [-0.4, -0.2) is 55.2 Å². The number of morpholine rings is 1. The Morgan fingerprint density at radius 1 is 1.52 bits per heavy atom. The van der Waals surface area contributed by atoms with Gasteiger partial charge in [0, 0.05) is 11.6 Å². The van der Waals surface area contributed by atoms with E-state index in [1.807, 2.05) is 20.0 Å². The molecular formula is C14H21BN2O4. The fourth-order valence-corrected chi connectivity index (χ4v) is 2.40. The van der Waals surface area contributed by atoms with Crippen molar-refractivity contribution in [2.75, 3.05) is 18.9 Å². The molecule has 0 bridgehead atoms. The Morgan fingerprint density at radius 2 is 2.19 bits per heavy atom. The molecule has 0 aliphatic carbocycles. The quantitative estimate of drug-likeness (QED) is 0.552. The van der Waals surface area contributed by atoms with Crippen LogP contribution in [-0.2, 0) is 20.9 Å². The van der Waals surface area contributed by atoms with E-state index in [9.17, 15) is 9.90 Å². The predicted molar refractivity (Wildman–Crippen MR) is 81.1 cm³/mol. The molecule has 1 aliphatic rings. The summed E-state index contributed by atoms with van der Waals surface area (Å²) < 4.78 is 11.0. The molecule has 1 aromatic rings. The van der Waals surface area contributed by atoms with E-state index < -0.39 is 12.5 Å². The van der Waals surface area contributed by atoms with Crippen LogP contribution in [0.2, 0.25) is 0 Å². The van der Waals surface area contributed by atoms with Gasteiger partial charge in [-0.1, -0.05) is 12.1 Å². The summed E-state index contributed by atoms with van der Waals surface area (Å²) in [5.74, 6) is -0.229. The highest BCUT2D eigenvalue weighted by Gasteiger charge is 2.35. The number of rotatable bonds is 5.